The van der Waals surface area contributed by atoms with Crippen molar-refractivity contribution in [1.82, 2.24) is 10.3 Å². The van der Waals surface area contributed by atoms with Crippen molar-refractivity contribution in [3.63, 3.8) is 0 Å². The number of nitrogens with zero attached hydrogens (tertiary/aromatic N) is 2. The molecule has 0 aliphatic heterocycles. The van der Waals surface area contributed by atoms with Crippen molar-refractivity contribution in [2.75, 3.05) is 18.0 Å². The normalized spacial score (nSPS) is 18.3. The van der Waals surface area contributed by atoms with Crippen LogP contribution in [0.25, 0.3) is 0 Å². The molecular weight excluding hydrogens is 246 g/mol. The van der Waals surface area contributed by atoms with Gasteiger partial charge in [-0.15, -0.1) is 0 Å². The third-order valence-corrected chi connectivity index (χ3v) is 4.30. The van der Waals surface area contributed by atoms with Gasteiger partial charge in [0.15, 0.2) is 0 Å². The maximum Gasteiger partial charge on any atom is 0.129 e. The van der Waals surface area contributed by atoms with E-state index in [9.17, 15) is 0 Å². The molecule has 3 nitrogen and oxygen atoms in total. The number of hydrogen-bond donors (Lipinski definition) is 1. The molecule has 1 aromatic heterocycles. The first kappa shape index (κ1) is 13.9. The Morgan fingerprint density at radius 1 is 1.20 bits per heavy atom. The van der Waals surface area contributed by atoms with Gasteiger partial charge in [0.1, 0.15) is 5.82 Å². The minimum atomic E-state index is 0.766. The first-order chi connectivity index (χ1) is 9.80. The van der Waals surface area contributed by atoms with Gasteiger partial charge in [-0.1, -0.05) is 13.8 Å². The zero-order chi connectivity index (χ0) is 13.9. The van der Waals surface area contributed by atoms with E-state index in [4.69, 9.17) is 4.98 Å². The van der Waals surface area contributed by atoms with E-state index in [1.165, 1.54) is 49.3 Å². The summed E-state index contributed by atoms with van der Waals surface area (Å²) < 4.78 is 0. The number of anilines is 1. The molecule has 0 amide bonds. The molecule has 2 aliphatic rings. The van der Waals surface area contributed by atoms with Crippen molar-refractivity contribution < 1.29 is 0 Å². The van der Waals surface area contributed by atoms with Crippen LogP contribution in [0.1, 0.15) is 50.8 Å². The van der Waals surface area contributed by atoms with Gasteiger partial charge in [0, 0.05) is 24.8 Å². The molecule has 0 bridgehead atoms. The lowest BCUT2D eigenvalue weighted by Gasteiger charge is -2.24. The van der Waals surface area contributed by atoms with Crippen LogP contribution in [-0.4, -0.2) is 24.1 Å². The summed E-state index contributed by atoms with van der Waals surface area (Å²) in [6.45, 7) is 7.57. The van der Waals surface area contributed by atoms with Crippen LogP contribution >= 0.6 is 0 Å². The zero-order valence-corrected chi connectivity index (χ0v) is 12.9. The van der Waals surface area contributed by atoms with Crippen LogP contribution in [-0.2, 0) is 13.0 Å². The molecule has 0 saturated heterocycles. The van der Waals surface area contributed by atoms with Gasteiger partial charge >= 0.3 is 0 Å². The molecule has 1 N–H and O–H groups in total. The first-order valence-corrected chi connectivity index (χ1v) is 8.27. The number of aryl methyl sites for hydroxylation is 1. The second-order valence-corrected chi connectivity index (χ2v) is 6.29. The van der Waals surface area contributed by atoms with E-state index in [0.29, 0.717) is 0 Å². The quantitative estimate of drug-likeness (QED) is 0.788. The Labute approximate surface area is 122 Å². The molecular formula is C17H27N3. The summed E-state index contributed by atoms with van der Waals surface area (Å²) in [5, 5.41) is 3.43. The molecule has 0 spiro atoms. The van der Waals surface area contributed by atoms with Gasteiger partial charge in [0.2, 0.25) is 0 Å². The molecule has 2 aliphatic carbocycles. The number of nitrogens with one attached hydrogen (secondary N) is 1. The number of hydrogen-bond acceptors (Lipinski definition) is 3. The molecule has 0 radical (unpaired) electrons. The first-order valence-electron chi connectivity index (χ1n) is 8.27. The monoisotopic (exact) mass is 273 g/mol. The average Bonchev–Trinajstić information content (AvgIpc) is 3.35. The Kier molecular flexibility index (Phi) is 4.25. The van der Waals surface area contributed by atoms with Crippen molar-refractivity contribution >= 4 is 5.82 Å². The van der Waals surface area contributed by atoms with Gasteiger partial charge in [-0.2, -0.15) is 0 Å². The van der Waals surface area contributed by atoms with E-state index in [2.05, 4.69) is 36.2 Å². The summed E-state index contributed by atoms with van der Waals surface area (Å²) in [7, 11) is 0. The Bertz CT molecular complexity index is 450. The number of pyridine rings is 1. The van der Waals surface area contributed by atoms with Gasteiger partial charge in [-0.05, 0) is 62.3 Å². The molecule has 2 saturated carbocycles. The van der Waals surface area contributed by atoms with Crippen LogP contribution in [0.4, 0.5) is 5.82 Å². The predicted molar refractivity (Wildman–Crippen MR) is 84.1 cm³/mol. The van der Waals surface area contributed by atoms with Crippen molar-refractivity contribution in [1.29, 1.82) is 0 Å². The standard InChI is InChI=1S/C17H27N3/c1-3-15-9-14(11-18-4-2)10-17(19-15)20(16-7-8-16)12-13-5-6-13/h9-10,13,16,18H,3-8,11-12H2,1-2H3. The molecule has 20 heavy (non-hydrogen) atoms. The summed E-state index contributed by atoms with van der Waals surface area (Å²) in [5.41, 5.74) is 2.62. The van der Waals surface area contributed by atoms with E-state index < -0.39 is 0 Å². The summed E-state index contributed by atoms with van der Waals surface area (Å²) in [5.74, 6) is 2.16. The summed E-state index contributed by atoms with van der Waals surface area (Å²) >= 11 is 0. The van der Waals surface area contributed by atoms with E-state index >= 15 is 0 Å². The summed E-state index contributed by atoms with van der Waals surface area (Å²) in [4.78, 5) is 7.49. The molecule has 2 fully saturated rings. The van der Waals surface area contributed by atoms with Crippen LogP contribution in [0.15, 0.2) is 12.1 Å². The molecule has 0 aromatic carbocycles. The molecule has 1 aromatic rings. The lowest BCUT2D eigenvalue weighted by Crippen LogP contribution is -2.29. The largest absolute Gasteiger partial charge is 0.353 e. The van der Waals surface area contributed by atoms with Crippen LogP contribution in [0.5, 0.6) is 0 Å². The van der Waals surface area contributed by atoms with Gasteiger partial charge in [-0.3, -0.25) is 0 Å². The molecule has 3 heteroatoms. The van der Waals surface area contributed by atoms with E-state index in [-0.39, 0.29) is 0 Å². The maximum atomic E-state index is 4.90. The molecule has 0 atom stereocenters. The topological polar surface area (TPSA) is 28.2 Å². The lowest BCUT2D eigenvalue weighted by molar-refractivity contribution is 0.698. The summed E-state index contributed by atoms with van der Waals surface area (Å²) in [6, 6.07) is 5.33. The van der Waals surface area contributed by atoms with Crippen molar-refractivity contribution in [2.24, 2.45) is 5.92 Å². The van der Waals surface area contributed by atoms with Gasteiger partial charge in [-0.25, -0.2) is 4.98 Å². The van der Waals surface area contributed by atoms with Crippen LogP contribution in [0.3, 0.4) is 0 Å². The highest BCUT2D eigenvalue weighted by Gasteiger charge is 2.34. The van der Waals surface area contributed by atoms with Gasteiger partial charge < -0.3 is 10.2 Å². The van der Waals surface area contributed by atoms with Crippen molar-refractivity contribution in [2.45, 2.75) is 58.5 Å². The molecule has 1 heterocycles. The zero-order valence-electron chi connectivity index (χ0n) is 12.9. The number of rotatable bonds is 8. The highest BCUT2D eigenvalue weighted by Crippen LogP contribution is 2.37. The SMILES string of the molecule is CCNCc1cc(CC)nc(N(CC2CC2)C2CC2)c1. The Hall–Kier alpha value is -1.09. The fourth-order valence-electron chi connectivity index (χ4n) is 2.73. The minimum Gasteiger partial charge on any atom is -0.353 e. The van der Waals surface area contributed by atoms with Gasteiger partial charge in [0.05, 0.1) is 0 Å². The highest BCUT2D eigenvalue weighted by molar-refractivity contribution is 5.45. The second kappa shape index (κ2) is 6.13. The van der Waals surface area contributed by atoms with Crippen LogP contribution in [0.2, 0.25) is 0 Å². The van der Waals surface area contributed by atoms with E-state index in [1.807, 2.05) is 0 Å². The maximum absolute atomic E-state index is 4.90. The predicted octanol–water partition coefficient (Wildman–Crippen LogP) is 3.13. The lowest BCUT2D eigenvalue weighted by atomic mass is 10.1. The third kappa shape index (κ3) is 3.51. The fraction of sp³-hybridized carbons (Fsp3) is 0.706. The van der Waals surface area contributed by atoms with Gasteiger partial charge in [0.25, 0.3) is 0 Å². The smallest absolute Gasteiger partial charge is 0.129 e. The highest BCUT2D eigenvalue weighted by atomic mass is 15.2. The molecule has 110 valence electrons. The minimum absolute atomic E-state index is 0.766. The Morgan fingerprint density at radius 3 is 2.60 bits per heavy atom. The Balaban J connectivity index is 1.80. The van der Waals surface area contributed by atoms with E-state index in [0.717, 1.165) is 31.5 Å². The second-order valence-electron chi connectivity index (χ2n) is 6.29. The number of aromatic nitrogens is 1. The fourth-order valence-corrected chi connectivity index (χ4v) is 2.73. The van der Waals surface area contributed by atoms with Crippen LogP contribution < -0.4 is 10.2 Å². The molecule has 3 rings (SSSR count). The van der Waals surface area contributed by atoms with Crippen LogP contribution in [0, 0.1) is 5.92 Å². The average molecular weight is 273 g/mol. The summed E-state index contributed by atoms with van der Waals surface area (Å²) in [6.07, 6.45) is 6.57. The van der Waals surface area contributed by atoms with Crippen molar-refractivity contribution in [3.05, 3.63) is 23.4 Å². The Morgan fingerprint density at radius 2 is 2.00 bits per heavy atom. The molecule has 0 unspecified atom stereocenters. The van der Waals surface area contributed by atoms with Crippen molar-refractivity contribution in [3.8, 4) is 0 Å². The van der Waals surface area contributed by atoms with E-state index in [1.54, 1.807) is 0 Å². The third-order valence-electron chi connectivity index (χ3n) is 4.30.